The van der Waals surface area contributed by atoms with Gasteiger partial charge in [0, 0.05) is 40.3 Å². The third kappa shape index (κ3) is 5.04. The van der Waals surface area contributed by atoms with Crippen molar-refractivity contribution in [2.24, 2.45) is 0 Å². The Balaban J connectivity index is 0.979. The van der Waals surface area contributed by atoms with Crippen LogP contribution in [-0.2, 0) is 0 Å². The summed E-state index contributed by atoms with van der Waals surface area (Å²) >= 11 is 3.75. The molecule has 56 heavy (non-hydrogen) atoms. The van der Waals surface area contributed by atoms with Gasteiger partial charge in [0.2, 0.25) is 0 Å². The Hall–Kier alpha value is -6.58. The molecule has 0 radical (unpaired) electrons. The fourth-order valence-electron chi connectivity index (χ4n) is 8.85. The smallest absolute Gasteiger partial charge is 0.0355 e. The normalized spacial score (nSPS) is 11.9. The monoisotopic (exact) mass is 744 g/mol. The number of hydrogen-bond acceptors (Lipinski definition) is 2. The lowest BCUT2D eigenvalue weighted by atomic mass is 9.90. The molecule has 2 aromatic heterocycles. The minimum Gasteiger partial charge on any atom is -0.135 e. The zero-order chi connectivity index (χ0) is 36.7. The van der Waals surface area contributed by atoms with Crippen LogP contribution in [0.1, 0.15) is 0 Å². The number of fused-ring (bicyclic) bond motifs is 12. The fraction of sp³-hybridized carbons (Fsp3) is 0. The SMILES string of the molecule is c1ccc(-c2ccc3sc4ccc(-c5ccc6c7ccc(-c8ccc9sc%10ccc(-c%11ccccc%11)cc%10c9c8)cc7c7ccccc7c6c5)cc4c3c2)cc1. The highest BCUT2D eigenvalue weighted by molar-refractivity contribution is 7.26. The highest BCUT2D eigenvalue weighted by Gasteiger charge is 2.15. The molecule has 2 heteroatoms. The summed E-state index contributed by atoms with van der Waals surface area (Å²) in [5.74, 6) is 0. The van der Waals surface area contributed by atoms with Crippen molar-refractivity contribution in [2.75, 3.05) is 0 Å². The van der Waals surface area contributed by atoms with Crippen LogP contribution < -0.4 is 0 Å². The minimum atomic E-state index is 1.24. The van der Waals surface area contributed by atoms with Crippen molar-refractivity contribution < 1.29 is 0 Å². The van der Waals surface area contributed by atoms with Crippen molar-refractivity contribution in [1.82, 2.24) is 0 Å². The highest BCUT2D eigenvalue weighted by Crippen LogP contribution is 2.43. The van der Waals surface area contributed by atoms with Gasteiger partial charge in [0.15, 0.2) is 0 Å². The molecule has 0 aliphatic carbocycles. The Kier molecular flexibility index (Phi) is 7.07. The van der Waals surface area contributed by atoms with Crippen molar-refractivity contribution in [2.45, 2.75) is 0 Å². The summed E-state index contributed by atoms with van der Waals surface area (Å²) in [7, 11) is 0. The van der Waals surface area contributed by atoms with Crippen LogP contribution in [0.3, 0.4) is 0 Å². The largest absolute Gasteiger partial charge is 0.135 e. The Labute approximate surface area is 332 Å². The van der Waals surface area contributed by atoms with Gasteiger partial charge in [-0.25, -0.2) is 0 Å². The Morgan fingerprint density at radius 2 is 0.446 bits per heavy atom. The van der Waals surface area contributed by atoms with Crippen LogP contribution in [0.4, 0.5) is 0 Å². The first-order valence-electron chi connectivity index (χ1n) is 19.1. The summed E-state index contributed by atoms with van der Waals surface area (Å²) in [4.78, 5) is 0. The van der Waals surface area contributed by atoms with Gasteiger partial charge in [-0.1, -0.05) is 133 Å². The maximum Gasteiger partial charge on any atom is 0.0355 e. The second-order valence-corrected chi connectivity index (χ2v) is 17.0. The van der Waals surface area contributed by atoms with E-state index in [9.17, 15) is 0 Å². The number of rotatable bonds is 4. The summed E-state index contributed by atoms with van der Waals surface area (Å²) in [6.45, 7) is 0. The maximum absolute atomic E-state index is 2.41. The topological polar surface area (TPSA) is 0 Å². The average molecular weight is 745 g/mol. The van der Waals surface area contributed by atoms with Crippen molar-refractivity contribution in [1.29, 1.82) is 0 Å². The molecule has 0 aliphatic rings. The molecule has 0 spiro atoms. The summed E-state index contributed by atoms with van der Waals surface area (Å²) in [5.41, 5.74) is 9.99. The van der Waals surface area contributed by atoms with E-state index in [1.807, 2.05) is 22.7 Å². The number of benzene rings is 10. The zero-order valence-corrected chi connectivity index (χ0v) is 31.9. The maximum atomic E-state index is 2.41. The Morgan fingerprint density at radius 1 is 0.179 bits per heavy atom. The molecule has 0 N–H and O–H groups in total. The fourth-order valence-corrected chi connectivity index (χ4v) is 11.0. The van der Waals surface area contributed by atoms with Gasteiger partial charge in [0.25, 0.3) is 0 Å². The van der Waals surface area contributed by atoms with E-state index < -0.39 is 0 Å². The van der Waals surface area contributed by atoms with Crippen LogP contribution in [0.2, 0.25) is 0 Å². The first-order chi connectivity index (χ1) is 27.7. The van der Waals surface area contributed by atoms with E-state index in [1.54, 1.807) is 0 Å². The summed E-state index contributed by atoms with van der Waals surface area (Å²) in [5, 5.41) is 13.0. The lowest BCUT2D eigenvalue weighted by Crippen LogP contribution is -1.86. The Bertz CT molecular complexity index is 3260. The molecule has 10 aromatic carbocycles. The van der Waals surface area contributed by atoms with Crippen LogP contribution in [0.25, 0.3) is 117 Å². The van der Waals surface area contributed by atoms with Crippen molar-refractivity contribution in [3.05, 3.63) is 194 Å². The minimum absolute atomic E-state index is 1.24. The van der Waals surface area contributed by atoms with E-state index in [-0.39, 0.29) is 0 Å². The molecule has 2 heterocycles. The van der Waals surface area contributed by atoms with Gasteiger partial charge in [-0.15, -0.1) is 22.7 Å². The highest BCUT2D eigenvalue weighted by atomic mass is 32.1. The second kappa shape index (κ2) is 12.5. The van der Waals surface area contributed by atoms with E-state index in [0.29, 0.717) is 0 Å². The van der Waals surface area contributed by atoms with Gasteiger partial charge in [-0.2, -0.15) is 0 Å². The molecule has 0 saturated carbocycles. The third-order valence-corrected chi connectivity index (χ3v) is 14.0. The predicted molar refractivity (Wildman–Crippen MR) is 246 cm³/mol. The molecular weight excluding hydrogens is 713 g/mol. The summed E-state index contributed by atoms with van der Waals surface area (Å²) in [6, 6.07) is 72.3. The lowest BCUT2D eigenvalue weighted by Gasteiger charge is -2.14. The van der Waals surface area contributed by atoms with Crippen LogP contribution in [0.5, 0.6) is 0 Å². The van der Waals surface area contributed by atoms with E-state index >= 15 is 0 Å². The van der Waals surface area contributed by atoms with Crippen LogP contribution >= 0.6 is 22.7 Å². The van der Waals surface area contributed by atoms with E-state index in [2.05, 4.69) is 194 Å². The molecule has 0 aliphatic heterocycles. The van der Waals surface area contributed by atoms with Gasteiger partial charge in [-0.3, -0.25) is 0 Å². The molecule has 0 unspecified atom stereocenters. The standard InChI is InChI=1S/C54H32S2/c1-3-9-33(10-4-1)35-17-23-51-47(29-35)49-31-39(19-25-53(49)55-51)37-15-21-43-44-22-16-38(28-46(44)42-14-8-7-13-41(42)45(43)27-37)40-20-26-54-50(32-40)48-30-36(18-24-52(48)56-54)34-11-5-2-6-12-34/h1-32H. The molecule has 0 fully saturated rings. The molecule has 0 amide bonds. The van der Waals surface area contributed by atoms with Gasteiger partial charge in [0.1, 0.15) is 0 Å². The second-order valence-electron chi connectivity index (χ2n) is 14.8. The molecule has 0 atom stereocenters. The van der Waals surface area contributed by atoms with Gasteiger partial charge >= 0.3 is 0 Å². The van der Waals surface area contributed by atoms with Crippen LogP contribution in [-0.4, -0.2) is 0 Å². The Morgan fingerprint density at radius 3 is 0.804 bits per heavy atom. The van der Waals surface area contributed by atoms with Crippen molar-refractivity contribution in [3.8, 4) is 44.5 Å². The number of hydrogen-bond donors (Lipinski definition) is 0. The molecule has 0 saturated heterocycles. The number of thiophene rings is 2. The molecule has 260 valence electrons. The molecule has 12 aromatic rings. The zero-order valence-electron chi connectivity index (χ0n) is 30.3. The molecular formula is C54H32S2. The first kappa shape index (κ1) is 31.7. The lowest BCUT2D eigenvalue weighted by molar-refractivity contribution is 1.66. The van der Waals surface area contributed by atoms with Gasteiger partial charge in [-0.05, 0) is 137 Å². The average Bonchev–Trinajstić information content (AvgIpc) is 3.83. The quantitative estimate of drug-likeness (QED) is 0.157. The molecule has 0 nitrogen and oxygen atoms in total. The summed E-state index contributed by atoms with van der Waals surface area (Å²) < 4.78 is 5.30. The van der Waals surface area contributed by atoms with Crippen LogP contribution in [0.15, 0.2) is 194 Å². The summed E-state index contributed by atoms with van der Waals surface area (Å²) in [6.07, 6.45) is 0. The van der Waals surface area contributed by atoms with E-state index in [4.69, 9.17) is 0 Å². The van der Waals surface area contributed by atoms with Crippen molar-refractivity contribution in [3.63, 3.8) is 0 Å². The molecule has 12 rings (SSSR count). The third-order valence-electron chi connectivity index (χ3n) is 11.7. The first-order valence-corrected chi connectivity index (χ1v) is 20.8. The van der Waals surface area contributed by atoms with Crippen molar-refractivity contribution >= 4 is 95.3 Å². The van der Waals surface area contributed by atoms with Crippen LogP contribution in [0, 0.1) is 0 Å². The predicted octanol–water partition coefficient (Wildman–Crippen LogP) is 16.5. The van der Waals surface area contributed by atoms with E-state index in [1.165, 1.54) is 117 Å². The van der Waals surface area contributed by atoms with Gasteiger partial charge in [0.05, 0.1) is 0 Å². The van der Waals surface area contributed by atoms with Gasteiger partial charge < -0.3 is 0 Å². The molecule has 0 bridgehead atoms. The van der Waals surface area contributed by atoms with E-state index in [0.717, 1.165) is 0 Å².